The molecule has 0 aromatic rings. The lowest BCUT2D eigenvalue weighted by Gasteiger charge is -2.15. The van der Waals surface area contributed by atoms with Gasteiger partial charge in [0.05, 0.1) is 18.5 Å². The summed E-state index contributed by atoms with van der Waals surface area (Å²) in [6.45, 7) is 0.207. The highest BCUT2D eigenvalue weighted by Gasteiger charge is 2.43. The van der Waals surface area contributed by atoms with Gasteiger partial charge in [-0.3, -0.25) is 0 Å². The van der Waals surface area contributed by atoms with E-state index in [1.165, 1.54) is 0 Å². The van der Waals surface area contributed by atoms with Crippen molar-refractivity contribution in [2.24, 2.45) is 5.92 Å². The first-order valence-corrected chi connectivity index (χ1v) is 3.87. The Morgan fingerprint density at radius 3 is 2.64 bits per heavy atom. The van der Waals surface area contributed by atoms with E-state index in [1.54, 1.807) is 0 Å². The Kier molecular flexibility index (Phi) is 2.96. The van der Waals surface area contributed by atoms with E-state index in [1.807, 2.05) is 6.07 Å². The lowest BCUT2D eigenvalue weighted by molar-refractivity contribution is -0.235. The number of carbonyl (C=O) groups excluding carboxylic acids is 1. The fraction of sp³-hybridized carbons (Fsp3) is 0.714. The first-order valence-electron chi connectivity index (χ1n) is 3.87. The van der Waals surface area contributed by atoms with Crippen LogP contribution in [0.4, 0.5) is 13.2 Å². The van der Waals surface area contributed by atoms with Gasteiger partial charge in [-0.1, -0.05) is 0 Å². The summed E-state index contributed by atoms with van der Waals surface area (Å²) in [7, 11) is 0. The number of halogens is 3. The lowest BCUT2D eigenvalue weighted by atomic mass is 10.1. The van der Waals surface area contributed by atoms with Crippen LogP contribution in [0.3, 0.4) is 0 Å². The number of hydroxylamine groups is 2. The quantitative estimate of drug-likeness (QED) is 0.641. The standard InChI is InChI=1S/C7H7F3N2O2/c8-7(9,10)6(13)14-12-2-1-5(3-11)4-12/h5H,1-2,4H2/t5-/m1/s1. The molecule has 1 atom stereocenters. The minimum Gasteiger partial charge on any atom is -0.361 e. The van der Waals surface area contributed by atoms with Gasteiger partial charge in [0.2, 0.25) is 0 Å². The molecular weight excluding hydrogens is 201 g/mol. The average Bonchev–Trinajstić information content (AvgIpc) is 2.50. The van der Waals surface area contributed by atoms with Gasteiger partial charge in [0, 0.05) is 6.54 Å². The second-order valence-electron chi connectivity index (χ2n) is 2.88. The molecule has 78 valence electrons. The van der Waals surface area contributed by atoms with Crippen molar-refractivity contribution in [3.63, 3.8) is 0 Å². The van der Waals surface area contributed by atoms with Crippen LogP contribution in [0.25, 0.3) is 0 Å². The molecule has 0 unspecified atom stereocenters. The molecule has 1 aliphatic rings. The summed E-state index contributed by atoms with van der Waals surface area (Å²) in [4.78, 5) is 14.4. The van der Waals surface area contributed by atoms with Crippen molar-refractivity contribution in [1.29, 1.82) is 5.26 Å². The summed E-state index contributed by atoms with van der Waals surface area (Å²) in [5, 5.41) is 9.30. The van der Waals surface area contributed by atoms with Crippen molar-refractivity contribution in [2.75, 3.05) is 13.1 Å². The molecule has 7 heteroatoms. The Labute approximate surface area is 77.8 Å². The van der Waals surface area contributed by atoms with Crippen LogP contribution in [-0.2, 0) is 9.63 Å². The van der Waals surface area contributed by atoms with Gasteiger partial charge in [-0.15, -0.1) is 5.06 Å². The maximum atomic E-state index is 11.7. The first-order chi connectivity index (χ1) is 6.43. The molecule has 0 aromatic carbocycles. The molecule has 1 rings (SSSR count). The van der Waals surface area contributed by atoms with Crippen LogP contribution in [0.15, 0.2) is 0 Å². The van der Waals surface area contributed by atoms with Crippen molar-refractivity contribution >= 4 is 5.97 Å². The highest BCUT2D eigenvalue weighted by Crippen LogP contribution is 2.21. The summed E-state index contributed by atoms with van der Waals surface area (Å²) in [6.07, 6.45) is -4.56. The highest BCUT2D eigenvalue weighted by atomic mass is 19.4. The van der Waals surface area contributed by atoms with Crippen molar-refractivity contribution in [2.45, 2.75) is 12.6 Å². The zero-order valence-electron chi connectivity index (χ0n) is 7.04. The molecule has 4 nitrogen and oxygen atoms in total. The first kappa shape index (κ1) is 10.8. The summed E-state index contributed by atoms with van der Waals surface area (Å²) in [5.74, 6) is -2.60. The third-order valence-corrected chi connectivity index (χ3v) is 1.78. The molecule has 1 aliphatic heterocycles. The molecule has 0 saturated carbocycles. The number of rotatable bonds is 1. The molecule has 0 spiro atoms. The van der Waals surface area contributed by atoms with E-state index in [9.17, 15) is 18.0 Å². The van der Waals surface area contributed by atoms with Crippen LogP contribution in [0.2, 0.25) is 0 Å². The van der Waals surface area contributed by atoms with Crippen LogP contribution in [-0.4, -0.2) is 30.3 Å². The van der Waals surface area contributed by atoms with E-state index < -0.39 is 12.1 Å². The molecule has 0 amide bonds. The Bertz CT molecular complexity index is 271. The number of nitriles is 1. The van der Waals surface area contributed by atoms with Crippen LogP contribution < -0.4 is 0 Å². The number of hydrogen-bond acceptors (Lipinski definition) is 4. The molecule has 1 heterocycles. The van der Waals surface area contributed by atoms with E-state index in [-0.39, 0.29) is 19.0 Å². The zero-order valence-corrected chi connectivity index (χ0v) is 7.04. The predicted octanol–water partition coefficient (Wildman–Crippen LogP) is 0.852. The van der Waals surface area contributed by atoms with Crippen molar-refractivity contribution < 1.29 is 22.8 Å². The van der Waals surface area contributed by atoms with Gasteiger partial charge in [0.15, 0.2) is 0 Å². The van der Waals surface area contributed by atoms with Gasteiger partial charge < -0.3 is 4.84 Å². The molecule has 0 aromatic heterocycles. The minimum atomic E-state index is -4.98. The fourth-order valence-corrected chi connectivity index (χ4v) is 1.09. The van der Waals surface area contributed by atoms with E-state index >= 15 is 0 Å². The maximum Gasteiger partial charge on any atom is 0.492 e. The van der Waals surface area contributed by atoms with Crippen LogP contribution in [0.1, 0.15) is 6.42 Å². The number of hydrogen-bond donors (Lipinski definition) is 0. The Morgan fingerprint density at radius 1 is 1.57 bits per heavy atom. The molecule has 1 fully saturated rings. The van der Waals surface area contributed by atoms with E-state index in [4.69, 9.17) is 5.26 Å². The molecular formula is C7H7F3N2O2. The third kappa shape index (κ3) is 2.60. The van der Waals surface area contributed by atoms with Gasteiger partial charge in [-0.05, 0) is 6.42 Å². The fourth-order valence-electron chi connectivity index (χ4n) is 1.09. The van der Waals surface area contributed by atoms with Gasteiger partial charge in [-0.25, -0.2) is 4.79 Å². The Hall–Kier alpha value is -1.29. The normalized spacial score (nSPS) is 23.1. The van der Waals surface area contributed by atoms with E-state index in [0.29, 0.717) is 6.42 Å². The summed E-state index contributed by atoms with van der Waals surface area (Å²) in [6, 6.07) is 1.89. The SMILES string of the molecule is N#C[C@H]1CCN(OC(=O)C(F)(F)F)C1. The van der Waals surface area contributed by atoms with Gasteiger partial charge >= 0.3 is 12.1 Å². The van der Waals surface area contributed by atoms with E-state index in [0.717, 1.165) is 5.06 Å². The molecule has 0 N–H and O–H groups in total. The lowest BCUT2D eigenvalue weighted by Crippen LogP contribution is -2.33. The largest absolute Gasteiger partial charge is 0.492 e. The zero-order chi connectivity index (χ0) is 10.8. The molecule has 0 radical (unpaired) electrons. The topological polar surface area (TPSA) is 53.3 Å². The monoisotopic (exact) mass is 208 g/mol. The Morgan fingerprint density at radius 2 is 2.21 bits per heavy atom. The summed E-state index contributed by atoms with van der Waals surface area (Å²) in [5.41, 5.74) is 0. The van der Waals surface area contributed by atoms with Gasteiger partial charge in [0.1, 0.15) is 0 Å². The van der Waals surface area contributed by atoms with Gasteiger partial charge in [0.25, 0.3) is 0 Å². The second kappa shape index (κ2) is 3.84. The molecule has 14 heavy (non-hydrogen) atoms. The predicted molar refractivity (Wildman–Crippen MR) is 37.4 cm³/mol. The summed E-state index contributed by atoms with van der Waals surface area (Å²) < 4.78 is 35.1. The van der Waals surface area contributed by atoms with Crippen molar-refractivity contribution in [3.05, 3.63) is 0 Å². The minimum absolute atomic E-state index is 0.0400. The smallest absolute Gasteiger partial charge is 0.361 e. The molecule has 0 aliphatic carbocycles. The van der Waals surface area contributed by atoms with Gasteiger partial charge in [-0.2, -0.15) is 18.4 Å². The molecule has 1 saturated heterocycles. The van der Waals surface area contributed by atoms with Crippen LogP contribution in [0, 0.1) is 17.2 Å². The second-order valence-corrected chi connectivity index (χ2v) is 2.88. The number of carbonyl (C=O) groups is 1. The third-order valence-electron chi connectivity index (χ3n) is 1.78. The van der Waals surface area contributed by atoms with Crippen molar-refractivity contribution in [1.82, 2.24) is 5.06 Å². The summed E-state index contributed by atoms with van der Waals surface area (Å²) >= 11 is 0. The van der Waals surface area contributed by atoms with Crippen LogP contribution >= 0.6 is 0 Å². The van der Waals surface area contributed by atoms with Crippen molar-refractivity contribution in [3.8, 4) is 6.07 Å². The number of nitrogens with zero attached hydrogens (tertiary/aromatic N) is 2. The average molecular weight is 208 g/mol. The maximum absolute atomic E-state index is 11.7. The van der Waals surface area contributed by atoms with E-state index in [2.05, 4.69) is 4.84 Å². The number of alkyl halides is 3. The van der Waals surface area contributed by atoms with Crippen LogP contribution in [0.5, 0.6) is 0 Å². The molecule has 0 bridgehead atoms. The highest BCUT2D eigenvalue weighted by molar-refractivity contribution is 5.75. The Balaban J connectivity index is 2.41.